The molecular weight excluding hydrogens is 392 g/mol. The number of hydrogen-bond donors (Lipinski definition) is 2. The number of allylic oxidation sites excluding steroid dienone is 2. The lowest BCUT2D eigenvalue weighted by atomic mass is 9.77. The van der Waals surface area contributed by atoms with Crippen molar-refractivity contribution < 1.29 is 8.42 Å². The van der Waals surface area contributed by atoms with E-state index in [1.165, 1.54) is 11.1 Å². The van der Waals surface area contributed by atoms with Gasteiger partial charge >= 0.3 is 0 Å². The molecule has 1 aliphatic heterocycles. The number of sulfonamides is 1. The molecule has 3 atom stereocenters. The van der Waals surface area contributed by atoms with Crippen molar-refractivity contribution in [2.45, 2.75) is 30.2 Å². The van der Waals surface area contributed by atoms with Gasteiger partial charge in [0.15, 0.2) is 0 Å². The van der Waals surface area contributed by atoms with E-state index in [2.05, 4.69) is 53.4 Å². The van der Waals surface area contributed by atoms with Crippen molar-refractivity contribution in [3.05, 3.63) is 102 Å². The van der Waals surface area contributed by atoms with Crippen molar-refractivity contribution in [1.82, 2.24) is 0 Å². The first kappa shape index (κ1) is 18.9. The molecule has 0 fully saturated rings. The summed E-state index contributed by atoms with van der Waals surface area (Å²) < 4.78 is 28.6. The molecule has 0 bridgehead atoms. The van der Waals surface area contributed by atoms with Crippen LogP contribution in [0.25, 0.3) is 0 Å². The highest BCUT2D eigenvalue weighted by atomic mass is 32.2. The molecule has 0 saturated carbocycles. The lowest BCUT2D eigenvalue weighted by Gasteiger charge is -2.37. The summed E-state index contributed by atoms with van der Waals surface area (Å²) in [6.07, 6.45) is 5.43. The fraction of sp³-hybridized carbons (Fsp3) is 0.200. The van der Waals surface area contributed by atoms with E-state index in [4.69, 9.17) is 0 Å². The number of fused-ring (bicyclic) bond motifs is 3. The van der Waals surface area contributed by atoms with Crippen molar-refractivity contribution in [1.29, 1.82) is 0 Å². The average molecular weight is 417 g/mol. The smallest absolute Gasteiger partial charge is 0.261 e. The summed E-state index contributed by atoms with van der Waals surface area (Å²) in [5.41, 5.74) is 5.13. The van der Waals surface area contributed by atoms with Crippen LogP contribution in [-0.4, -0.2) is 8.42 Å². The summed E-state index contributed by atoms with van der Waals surface area (Å²) in [6.45, 7) is 2.10. The Bertz CT molecular complexity index is 1200. The van der Waals surface area contributed by atoms with Crippen molar-refractivity contribution in [3.63, 3.8) is 0 Å². The van der Waals surface area contributed by atoms with Crippen molar-refractivity contribution in [3.8, 4) is 0 Å². The third-order valence-corrected chi connectivity index (χ3v) is 7.49. The molecule has 0 saturated heterocycles. The van der Waals surface area contributed by atoms with E-state index in [9.17, 15) is 8.42 Å². The molecular formula is C25H24N2O2S. The highest BCUT2D eigenvalue weighted by Crippen LogP contribution is 2.50. The van der Waals surface area contributed by atoms with Gasteiger partial charge in [-0.3, -0.25) is 4.72 Å². The Kier molecular flexibility index (Phi) is 4.63. The molecule has 4 nitrogen and oxygen atoms in total. The molecule has 1 aliphatic carbocycles. The number of hydrogen-bond acceptors (Lipinski definition) is 3. The van der Waals surface area contributed by atoms with Gasteiger partial charge in [-0.25, -0.2) is 8.42 Å². The first-order chi connectivity index (χ1) is 14.5. The standard InChI is InChI=1S/C25H24N2O2S/c1-17-10-12-18(13-11-17)25-22-9-5-8-21(22)23-16-20(14-15-24(23)26-25)30(28,29)27-19-6-3-2-4-7-19/h2-8,10-16,21-22,25-27H,9H2,1H3. The minimum absolute atomic E-state index is 0.208. The normalized spacial score (nSPS) is 22.1. The average Bonchev–Trinajstić information content (AvgIpc) is 3.24. The zero-order valence-corrected chi connectivity index (χ0v) is 17.6. The second-order valence-electron chi connectivity index (χ2n) is 8.11. The Morgan fingerprint density at radius 3 is 2.50 bits per heavy atom. The SMILES string of the molecule is Cc1ccc(C2Nc3ccc(S(=O)(=O)Nc4ccccc4)cc3C3C=CCC32)cc1. The molecule has 0 amide bonds. The van der Waals surface area contributed by atoms with Crippen LogP contribution in [0.4, 0.5) is 11.4 Å². The van der Waals surface area contributed by atoms with Crippen LogP contribution in [0.2, 0.25) is 0 Å². The van der Waals surface area contributed by atoms with E-state index in [1.54, 1.807) is 18.2 Å². The fourth-order valence-corrected chi connectivity index (χ4v) is 5.66. The van der Waals surface area contributed by atoms with Crippen LogP contribution >= 0.6 is 0 Å². The molecule has 3 aromatic rings. The summed E-state index contributed by atoms with van der Waals surface area (Å²) in [7, 11) is -3.65. The Hall–Kier alpha value is -3.05. The third kappa shape index (κ3) is 3.39. The van der Waals surface area contributed by atoms with Crippen LogP contribution in [-0.2, 0) is 10.0 Å². The molecule has 2 aliphatic rings. The minimum atomic E-state index is -3.65. The summed E-state index contributed by atoms with van der Waals surface area (Å²) in [5, 5.41) is 3.68. The molecule has 30 heavy (non-hydrogen) atoms. The maximum absolute atomic E-state index is 12.9. The van der Waals surface area contributed by atoms with Crippen LogP contribution in [0.3, 0.4) is 0 Å². The van der Waals surface area contributed by atoms with E-state index in [0.29, 0.717) is 16.5 Å². The van der Waals surface area contributed by atoms with Gasteiger partial charge in [0.25, 0.3) is 10.0 Å². The highest BCUT2D eigenvalue weighted by molar-refractivity contribution is 7.92. The van der Waals surface area contributed by atoms with E-state index in [0.717, 1.165) is 17.7 Å². The van der Waals surface area contributed by atoms with Gasteiger partial charge in [0.05, 0.1) is 10.9 Å². The predicted molar refractivity (Wildman–Crippen MR) is 121 cm³/mol. The molecule has 0 spiro atoms. The lowest BCUT2D eigenvalue weighted by molar-refractivity contribution is 0.425. The van der Waals surface area contributed by atoms with Crippen LogP contribution < -0.4 is 10.0 Å². The summed E-state index contributed by atoms with van der Waals surface area (Å²) in [5.74, 6) is 0.583. The zero-order valence-electron chi connectivity index (χ0n) is 16.7. The van der Waals surface area contributed by atoms with Crippen molar-refractivity contribution in [2.75, 3.05) is 10.0 Å². The Balaban J connectivity index is 1.50. The topological polar surface area (TPSA) is 58.2 Å². The quantitative estimate of drug-likeness (QED) is 0.543. The minimum Gasteiger partial charge on any atom is -0.378 e. The zero-order chi connectivity index (χ0) is 20.7. The van der Waals surface area contributed by atoms with Gasteiger partial charge in [-0.15, -0.1) is 0 Å². The summed E-state index contributed by atoms with van der Waals surface area (Å²) in [4.78, 5) is 0.291. The number of anilines is 2. The Morgan fingerprint density at radius 1 is 0.967 bits per heavy atom. The van der Waals surface area contributed by atoms with Gasteiger partial charge in [-0.05, 0) is 60.7 Å². The first-order valence-corrected chi connectivity index (χ1v) is 11.7. The number of para-hydroxylation sites is 1. The van der Waals surface area contributed by atoms with Gasteiger partial charge in [-0.1, -0.05) is 60.2 Å². The second-order valence-corrected chi connectivity index (χ2v) is 9.79. The molecule has 3 aromatic carbocycles. The van der Waals surface area contributed by atoms with Gasteiger partial charge < -0.3 is 5.32 Å². The molecule has 152 valence electrons. The lowest BCUT2D eigenvalue weighted by Crippen LogP contribution is -2.29. The molecule has 2 N–H and O–H groups in total. The number of nitrogens with one attached hydrogen (secondary N) is 2. The predicted octanol–water partition coefficient (Wildman–Crippen LogP) is 5.62. The van der Waals surface area contributed by atoms with Gasteiger partial charge in [0, 0.05) is 17.3 Å². The number of rotatable bonds is 4. The third-order valence-electron chi connectivity index (χ3n) is 6.11. The monoisotopic (exact) mass is 416 g/mol. The van der Waals surface area contributed by atoms with Crippen LogP contribution in [0.5, 0.6) is 0 Å². The van der Waals surface area contributed by atoms with Crippen LogP contribution in [0.15, 0.2) is 89.8 Å². The maximum atomic E-state index is 12.9. The van der Waals surface area contributed by atoms with E-state index in [-0.39, 0.29) is 12.0 Å². The fourth-order valence-electron chi connectivity index (χ4n) is 4.56. The summed E-state index contributed by atoms with van der Waals surface area (Å²) >= 11 is 0. The van der Waals surface area contributed by atoms with Crippen LogP contribution in [0.1, 0.15) is 35.1 Å². The highest BCUT2D eigenvalue weighted by Gasteiger charge is 2.38. The molecule has 1 heterocycles. The molecule has 3 unspecified atom stereocenters. The van der Waals surface area contributed by atoms with E-state index in [1.807, 2.05) is 30.3 Å². The number of aryl methyl sites for hydroxylation is 1. The molecule has 0 radical (unpaired) electrons. The first-order valence-electron chi connectivity index (χ1n) is 10.2. The summed E-state index contributed by atoms with van der Waals surface area (Å²) in [6, 6.07) is 23.3. The maximum Gasteiger partial charge on any atom is 0.261 e. The largest absolute Gasteiger partial charge is 0.378 e. The van der Waals surface area contributed by atoms with Gasteiger partial charge in [0.2, 0.25) is 0 Å². The van der Waals surface area contributed by atoms with Crippen LogP contribution in [0, 0.1) is 12.8 Å². The Labute approximate surface area is 177 Å². The van der Waals surface area contributed by atoms with E-state index < -0.39 is 10.0 Å². The number of benzene rings is 3. The van der Waals surface area contributed by atoms with E-state index >= 15 is 0 Å². The Morgan fingerprint density at radius 2 is 1.73 bits per heavy atom. The molecule has 5 rings (SSSR count). The van der Waals surface area contributed by atoms with Gasteiger partial charge in [0.1, 0.15) is 0 Å². The molecule has 0 aromatic heterocycles. The molecule has 5 heteroatoms. The van der Waals surface area contributed by atoms with Crippen molar-refractivity contribution in [2.24, 2.45) is 5.92 Å². The van der Waals surface area contributed by atoms with Crippen molar-refractivity contribution >= 4 is 21.4 Å². The van der Waals surface area contributed by atoms with Gasteiger partial charge in [-0.2, -0.15) is 0 Å². The second kappa shape index (κ2) is 7.33.